The largest absolute Gasteiger partial charge is 0.463 e. The Morgan fingerprint density at radius 1 is 0.600 bits per heavy atom. The molecule has 0 aliphatic rings. The first-order chi connectivity index (χ1) is 14.4. The Balaban J connectivity index is 4.46. The van der Waals surface area contributed by atoms with Crippen LogP contribution in [0.1, 0.15) is 105 Å². The predicted octanol–water partition coefficient (Wildman–Crippen LogP) is 4.79. The summed E-state index contributed by atoms with van der Waals surface area (Å²) in [7, 11) is 0. The number of carbonyl (C=O) groups is 2. The zero-order valence-electron chi connectivity index (χ0n) is 19.7. The molecule has 0 aromatic rings. The summed E-state index contributed by atoms with van der Waals surface area (Å²) in [6.07, 6.45) is 8.64. The van der Waals surface area contributed by atoms with Crippen LogP contribution in [-0.4, -0.2) is 47.6 Å². The Kier molecular flexibility index (Phi) is 17.9. The van der Waals surface area contributed by atoms with E-state index in [4.69, 9.17) is 9.47 Å². The van der Waals surface area contributed by atoms with Gasteiger partial charge >= 0.3 is 11.9 Å². The van der Waals surface area contributed by atoms with Crippen molar-refractivity contribution in [3.05, 3.63) is 0 Å². The van der Waals surface area contributed by atoms with Gasteiger partial charge in [-0.25, -0.2) is 9.59 Å². The maximum Gasteiger partial charge on any atom is 0.338 e. The van der Waals surface area contributed by atoms with Gasteiger partial charge in [0.2, 0.25) is 0 Å². The molecule has 2 N–H and O–H groups in total. The highest BCUT2D eigenvalue weighted by Crippen LogP contribution is 2.18. The van der Waals surface area contributed by atoms with Gasteiger partial charge in [0.1, 0.15) is 0 Å². The summed E-state index contributed by atoms with van der Waals surface area (Å²) in [6.45, 7) is 8.84. The van der Waals surface area contributed by atoms with Crippen LogP contribution in [-0.2, 0) is 19.1 Å². The molecule has 0 radical (unpaired) electrons. The molecule has 0 aromatic carbocycles. The van der Waals surface area contributed by atoms with Crippen LogP contribution in [0, 0.1) is 11.8 Å². The number of esters is 2. The summed E-state index contributed by atoms with van der Waals surface area (Å²) in [5, 5.41) is 20.1. The highest BCUT2D eigenvalue weighted by molar-refractivity contribution is 5.85. The maximum absolute atomic E-state index is 12.1. The van der Waals surface area contributed by atoms with Crippen molar-refractivity contribution in [3.63, 3.8) is 0 Å². The number of rotatable bonds is 19. The highest BCUT2D eigenvalue weighted by Gasteiger charge is 2.33. The van der Waals surface area contributed by atoms with Crippen molar-refractivity contribution in [2.45, 2.75) is 117 Å². The van der Waals surface area contributed by atoms with E-state index >= 15 is 0 Å². The molecule has 6 heteroatoms. The van der Waals surface area contributed by atoms with Crippen LogP contribution in [0.15, 0.2) is 0 Å². The molecule has 0 aliphatic heterocycles. The number of aliphatic hydroxyl groups is 2. The van der Waals surface area contributed by atoms with Crippen molar-refractivity contribution in [1.29, 1.82) is 0 Å². The zero-order valence-corrected chi connectivity index (χ0v) is 19.7. The van der Waals surface area contributed by atoms with Gasteiger partial charge < -0.3 is 19.7 Å². The molecular weight excluding hydrogens is 384 g/mol. The van der Waals surface area contributed by atoms with E-state index in [9.17, 15) is 19.8 Å². The standard InChI is InChI=1S/C24H46O6/c1-5-9-11-15-19(13-7-3)17-29-23(27)21(25)22(26)24(28)30-18-20(14-8-4)16-12-10-6-2/h19-22,25-26H,5-18H2,1-4H3. The lowest BCUT2D eigenvalue weighted by atomic mass is 9.97. The second-order valence-corrected chi connectivity index (χ2v) is 8.45. The van der Waals surface area contributed by atoms with Gasteiger partial charge in [0, 0.05) is 0 Å². The van der Waals surface area contributed by atoms with Crippen LogP contribution in [0.4, 0.5) is 0 Å². The minimum atomic E-state index is -1.92. The SMILES string of the molecule is CCCCCC(CCC)COC(=O)C(O)C(O)C(=O)OCC(CCC)CCCCC. The average Bonchev–Trinajstić information content (AvgIpc) is 2.74. The van der Waals surface area contributed by atoms with Crippen molar-refractivity contribution >= 4 is 11.9 Å². The molecule has 0 heterocycles. The fourth-order valence-electron chi connectivity index (χ4n) is 3.63. The fraction of sp³-hybridized carbons (Fsp3) is 0.917. The van der Waals surface area contributed by atoms with Crippen molar-refractivity contribution < 1.29 is 29.3 Å². The lowest BCUT2D eigenvalue weighted by Crippen LogP contribution is -2.42. The molecule has 0 saturated carbocycles. The van der Waals surface area contributed by atoms with E-state index in [1.807, 2.05) is 0 Å². The van der Waals surface area contributed by atoms with Gasteiger partial charge in [-0.1, -0.05) is 79.1 Å². The van der Waals surface area contributed by atoms with Crippen LogP contribution in [0.25, 0.3) is 0 Å². The topological polar surface area (TPSA) is 93.1 Å². The van der Waals surface area contributed by atoms with Crippen LogP contribution >= 0.6 is 0 Å². The number of unbranched alkanes of at least 4 members (excludes halogenated alkanes) is 4. The molecule has 0 fully saturated rings. The Morgan fingerprint density at radius 2 is 0.967 bits per heavy atom. The average molecular weight is 431 g/mol. The molecule has 0 amide bonds. The first-order valence-corrected chi connectivity index (χ1v) is 12.1. The maximum atomic E-state index is 12.1. The second-order valence-electron chi connectivity index (χ2n) is 8.45. The normalized spacial score (nSPS) is 15.3. The van der Waals surface area contributed by atoms with E-state index in [0.717, 1.165) is 77.0 Å². The summed E-state index contributed by atoms with van der Waals surface area (Å²) in [6, 6.07) is 0. The third-order valence-corrected chi connectivity index (χ3v) is 5.53. The molecule has 0 bridgehead atoms. The van der Waals surface area contributed by atoms with Gasteiger partial charge in [-0.2, -0.15) is 0 Å². The fourth-order valence-corrected chi connectivity index (χ4v) is 3.63. The van der Waals surface area contributed by atoms with Crippen molar-refractivity contribution in [1.82, 2.24) is 0 Å². The van der Waals surface area contributed by atoms with Crippen molar-refractivity contribution in [2.75, 3.05) is 13.2 Å². The predicted molar refractivity (Wildman–Crippen MR) is 119 cm³/mol. The lowest BCUT2D eigenvalue weighted by Gasteiger charge is -2.21. The van der Waals surface area contributed by atoms with Crippen LogP contribution in [0.3, 0.4) is 0 Å². The summed E-state index contributed by atoms with van der Waals surface area (Å²) in [5.74, 6) is -1.47. The molecule has 4 unspecified atom stereocenters. The minimum absolute atomic E-state index is 0.200. The zero-order chi connectivity index (χ0) is 22.8. The lowest BCUT2D eigenvalue weighted by molar-refractivity contribution is -0.174. The summed E-state index contributed by atoms with van der Waals surface area (Å²) >= 11 is 0. The molecule has 30 heavy (non-hydrogen) atoms. The van der Waals surface area contributed by atoms with Crippen LogP contribution < -0.4 is 0 Å². The van der Waals surface area contributed by atoms with Crippen LogP contribution in [0.5, 0.6) is 0 Å². The molecule has 4 atom stereocenters. The van der Waals surface area contributed by atoms with E-state index < -0.39 is 24.1 Å². The van der Waals surface area contributed by atoms with E-state index in [0.29, 0.717) is 0 Å². The Morgan fingerprint density at radius 3 is 1.27 bits per heavy atom. The summed E-state index contributed by atoms with van der Waals surface area (Å²) in [5.41, 5.74) is 0. The Hall–Kier alpha value is -1.14. The van der Waals surface area contributed by atoms with E-state index in [2.05, 4.69) is 27.7 Å². The van der Waals surface area contributed by atoms with Crippen LogP contribution in [0.2, 0.25) is 0 Å². The van der Waals surface area contributed by atoms with Gasteiger partial charge in [0.05, 0.1) is 13.2 Å². The molecular formula is C24H46O6. The second kappa shape index (κ2) is 18.6. The summed E-state index contributed by atoms with van der Waals surface area (Å²) < 4.78 is 10.4. The number of aliphatic hydroxyl groups excluding tert-OH is 2. The molecule has 0 aliphatic carbocycles. The first-order valence-electron chi connectivity index (χ1n) is 12.1. The quantitative estimate of drug-likeness (QED) is 0.226. The van der Waals surface area contributed by atoms with Crippen molar-refractivity contribution in [3.8, 4) is 0 Å². The Bertz CT molecular complexity index is 399. The van der Waals surface area contributed by atoms with E-state index in [1.165, 1.54) is 0 Å². The molecule has 178 valence electrons. The van der Waals surface area contributed by atoms with Gasteiger partial charge in [0.25, 0.3) is 0 Å². The molecule has 6 nitrogen and oxygen atoms in total. The molecule has 0 saturated heterocycles. The van der Waals surface area contributed by atoms with E-state index in [-0.39, 0.29) is 25.0 Å². The van der Waals surface area contributed by atoms with Gasteiger partial charge in [0.15, 0.2) is 12.2 Å². The summed E-state index contributed by atoms with van der Waals surface area (Å²) in [4.78, 5) is 24.2. The van der Waals surface area contributed by atoms with Gasteiger partial charge in [-0.3, -0.25) is 0 Å². The van der Waals surface area contributed by atoms with E-state index in [1.54, 1.807) is 0 Å². The number of hydrogen-bond donors (Lipinski definition) is 2. The van der Waals surface area contributed by atoms with Crippen molar-refractivity contribution in [2.24, 2.45) is 11.8 Å². The monoisotopic (exact) mass is 430 g/mol. The molecule has 0 rings (SSSR count). The third-order valence-electron chi connectivity index (χ3n) is 5.53. The van der Waals surface area contributed by atoms with Gasteiger partial charge in [-0.15, -0.1) is 0 Å². The minimum Gasteiger partial charge on any atom is -0.463 e. The first kappa shape index (κ1) is 28.9. The third kappa shape index (κ3) is 13.2. The van der Waals surface area contributed by atoms with Gasteiger partial charge in [-0.05, 0) is 37.5 Å². The Labute approximate surface area is 183 Å². The highest BCUT2D eigenvalue weighted by atomic mass is 16.6. The smallest absolute Gasteiger partial charge is 0.338 e. The number of carbonyl (C=O) groups excluding carboxylic acids is 2. The molecule has 0 spiro atoms. The molecule has 0 aromatic heterocycles. The number of ether oxygens (including phenoxy) is 2. The number of hydrogen-bond acceptors (Lipinski definition) is 6.